The van der Waals surface area contributed by atoms with Crippen LogP contribution in [0.5, 0.6) is 0 Å². The fourth-order valence-corrected chi connectivity index (χ4v) is 3.63. The number of fused-ring (bicyclic) bond motifs is 1. The Hall–Kier alpha value is 1.14. The van der Waals surface area contributed by atoms with Gasteiger partial charge in [-0.2, -0.15) is 0 Å². The Morgan fingerprint density at radius 1 is 1.12 bits per heavy atom. The SMILES string of the molecule is CCCCCCN(/N=C/c1[c-]cc[c-]c1)c1cc2ccccc2s1.[K+].[K+]. The molecule has 5 heteroatoms. The van der Waals surface area contributed by atoms with E-state index in [0.29, 0.717) is 0 Å². The first-order valence-electron chi connectivity index (χ1n) is 8.54. The van der Waals surface area contributed by atoms with E-state index in [0.717, 1.165) is 18.5 Å². The summed E-state index contributed by atoms with van der Waals surface area (Å²) in [6, 6.07) is 22.6. The van der Waals surface area contributed by atoms with Crippen LogP contribution in [0.15, 0.2) is 53.6 Å². The Bertz CT molecular complexity index is 754. The molecule has 124 valence electrons. The van der Waals surface area contributed by atoms with Crippen LogP contribution in [0.2, 0.25) is 0 Å². The third kappa shape index (κ3) is 7.87. The number of hydrogen-bond acceptors (Lipinski definition) is 3. The van der Waals surface area contributed by atoms with E-state index in [1.54, 1.807) is 11.3 Å². The van der Waals surface area contributed by atoms with Crippen LogP contribution < -0.4 is 108 Å². The Labute approximate surface area is 246 Å². The fourth-order valence-electron chi connectivity index (χ4n) is 2.58. The van der Waals surface area contributed by atoms with Crippen LogP contribution in [0.4, 0.5) is 5.00 Å². The second-order valence-electron chi connectivity index (χ2n) is 5.79. The number of rotatable bonds is 8. The van der Waals surface area contributed by atoms with Crippen LogP contribution in [0.25, 0.3) is 10.1 Å². The second-order valence-corrected chi connectivity index (χ2v) is 6.86. The Morgan fingerprint density at radius 2 is 1.96 bits per heavy atom. The van der Waals surface area contributed by atoms with Crippen molar-refractivity contribution in [3.63, 3.8) is 0 Å². The topological polar surface area (TPSA) is 15.6 Å². The van der Waals surface area contributed by atoms with Crippen molar-refractivity contribution in [1.29, 1.82) is 0 Å². The van der Waals surface area contributed by atoms with Crippen LogP contribution in [-0.4, -0.2) is 12.8 Å². The number of hydrazone groups is 1. The molecule has 0 unspecified atom stereocenters. The summed E-state index contributed by atoms with van der Waals surface area (Å²) in [4.78, 5) is 0. The molecule has 1 heterocycles. The van der Waals surface area contributed by atoms with Crippen molar-refractivity contribution in [2.45, 2.75) is 32.6 Å². The summed E-state index contributed by atoms with van der Waals surface area (Å²) in [7, 11) is 0. The van der Waals surface area contributed by atoms with E-state index >= 15 is 0 Å². The maximum Gasteiger partial charge on any atom is 1.00 e. The predicted molar refractivity (Wildman–Crippen MR) is 105 cm³/mol. The number of benzene rings is 2. The molecule has 1 aromatic heterocycles. The molecule has 0 atom stereocenters. The monoisotopic (exact) mass is 412 g/mol. The van der Waals surface area contributed by atoms with Gasteiger partial charge >= 0.3 is 103 Å². The van der Waals surface area contributed by atoms with E-state index < -0.39 is 0 Å². The number of thiophene rings is 1. The molecule has 2 nitrogen and oxygen atoms in total. The van der Waals surface area contributed by atoms with E-state index in [1.807, 2.05) is 24.4 Å². The molecule has 0 N–H and O–H groups in total. The summed E-state index contributed by atoms with van der Waals surface area (Å²) in [5, 5.41) is 9.33. The van der Waals surface area contributed by atoms with Gasteiger partial charge in [-0.25, -0.2) is 10.7 Å². The molecule has 26 heavy (non-hydrogen) atoms. The Morgan fingerprint density at radius 3 is 2.69 bits per heavy atom. The average molecular weight is 413 g/mol. The molecule has 0 aliphatic carbocycles. The van der Waals surface area contributed by atoms with Crippen molar-refractivity contribution in [1.82, 2.24) is 0 Å². The third-order valence-electron chi connectivity index (χ3n) is 3.89. The van der Waals surface area contributed by atoms with Gasteiger partial charge in [-0.3, -0.25) is 35.3 Å². The molecule has 3 rings (SSSR count). The van der Waals surface area contributed by atoms with Crippen LogP contribution in [0.1, 0.15) is 38.2 Å². The molecule has 0 bridgehead atoms. The zero-order chi connectivity index (χ0) is 16.6. The zero-order valence-electron chi connectivity index (χ0n) is 16.0. The van der Waals surface area contributed by atoms with Gasteiger partial charge in [-0.15, -0.1) is 11.3 Å². The fraction of sp³-hybridized carbons (Fsp3) is 0.286. The van der Waals surface area contributed by atoms with Crippen molar-refractivity contribution in [2.24, 2.45) is 5.10 Å². The van der Waals surface area contributed by atoms with Gasteiger partial charge in [0.05, 0.1) is 0 Å². The van der Waals surface area contributed by atoms with Gasteiger partial charge in [-0.1, -0.05) is 50.6 Å². The van der Waals surface area contributed by atoms with Gasteiger partial charge < -0.3 is 0 Å². The van der Waals surface area contributed by atoms with Gasteiger partial charge in [0.1, 0.15) is 5.00 Å². The average Bonchev–Trinajstić information content (AvgIpc) is 3.06. The second kappa shape index (κ2) is 14.2. The summed E-state index contributed by atoms with van der Waals surface area (Å²) in [5.74, 6) is 0. The first kappa shape index (κ1) is 25.2. The molecule has 0 aliphatic rings. The first-order valence-corrected chi connectivity index (χ1v) is 9.36. The Kier molecular flexibility index (Phi) is 13.7. The van der Waals surface area contributed by atoms with Crippen molar-refractivity contribution < 1.29 is 103 Å². The number of anilines is 1. The molecule has 0 aliphatic heterocycles. The minimum Gasteiger partial charge on any atom is -0.286 e. The van der Waals surface area contributed by atoms with Crippen LogP contribution in [-0.2, 0) is 0 Å². The summed E-state index contributed by atoms with van der Waals surface area (Å²) >= 11 is 1.80. The van der Waals surface area contributed by atoms with E-state index in [2.05, 4.69) is 54.4 Å². The largest absolute Gasteiger partial charge is 1.00 e. The molecule has 0 saturated carbocycles. The summed E-state index contributed by atoms with van der Waals surface area (Å²) in [6.45, 7) is 3.18. The number of hydrogen-bond donors (Lipinski definition) is 0. The van der Waals surface area contributed by atoms with Gasteiger partial charge in [0.2, 0.25) is 0 Å². The van der Waals surface area contributed by atoms with Gasteiger partial charge in [0.25, 0.3) is 0 Å². The van der Waals surface area contributed by atoms with E-state index in [9.17, 15) is 0 Å². The van der Waals surface area contributed by atoms with Gasteiger partial charge in [0.15, 0.2) is 0 Å². The van der Waals surface area contributed by atoms with Crippen molar-refractivity contribution in [2.75, 3.05) is 11.6 Å². The van der Waals surface area contributed by atoms with E-state index in [4.69, 9.17) is 5.10 Å². The normalized spacial score (nSPS) is 10.5. The standard InChI is InChI=1S/C21H22N2S.2K/c1-2-3-4-10-15-23(22-17-18-11-6-5-7-12-18)21-16-19-13-8-9-14-20(19)24-21;;/h5-6,8-9,12-14,16-17H,2-4,10,15H2,1H3;;/q-2;2*+1/b22-17+;;. The molecule has 0 fully saturated rings. The van der Waals surface area contributed by atoms with Crippen LogP contribution >= 0.6 is 11.3 Å². The number of nitrogens with zero attached hydrogens (tertiary/aromatic N) is 2. The van der Waals surface area contributed by atoms with Gasteiger partial charge in [0, 0.05) is 11.2 Å². The zero-order valence-corrected chi connectivity index (χ0v) is 23.1. The van der Waals surface area contributed by atoms with Crippen molar-refractivity contribution >= 4 is 32.6 Å². The maximum absolute atomic E-state index is 4.72. The van der Waals surface area contributed by atoms with Crippen LogP contribution in [0, 0.1) is 12.1 Å². The van der Waals surface area contributed by atoms with E-state index in [1.165, 1.54) is 34.3 Å². The van der Waals surface area contributed by atoms with Crippen LogP contribution in [0.3, 0.4) is 0 Å². The third-order valence-corrected chi connectivity index (χ3v) is 5.02. The van der Waals surface area contributed by atoms with Crippen molar-refractivity contribution in [3.05, 3.63) is 66.2 Å². The minimum absolute atomic E-state index is 0. The summed E-state index contributed by atoms with van der Waals surface area (Å²) in [6.07, 6.45) is 6.82. The smallest absolute Gasteiger partial charge is 0.286 e. The number of unbranched alkanes of at least 4 members (excludes halogenated alkanes) is 3. The molecular formula is C21H22K2N2S. The Balaban J connectivity index is 0.00000169. The summed E-state index contributed by atoms with van der Waals surface area (Å²) < 4.78 is 1.31. The molecule has 3 aromatic rings. The van der Waals surface area contributed by atoms with E-state index in [-0.39, 0.29) is 103 Å². The van der Waals surface area contributed by atoms with Gasteiger partial charge in [-0.05, 0) is 23.9 Å². The minimum atomic E-state index is 0. The predicted octanol–water partition coefficient (Wildman–Crippen LogP) is -0.0695. The molecule has 0 amide bonds. The molecular weight excluding hydrogens is 391 g/mol. The molecule has 0 saturated heterocycles. The summed E-state index contributed by atoms with van der Waals surface area (Å²) in [5.41, 5.74) is 0.956. The quantitative estimate of drug-likeness (QED) is 0.166. The van der Waals surface area contributed by atoms with Crippen molar-refractivity contribution in [3.8, 4) is 0 Å². The molecule has 2 aromatic carbocycles. The molecule has 0 spiro atoms. The first-order chi connectivity index (χ1) is 11.9. The maximum atomic E-state index is 4.72. The molecule has 0 radical (unpaired) electrons.